The lowest BCUT2D eigenvalue weighted by Crippen LogP contribution is -2.29. The lowest BCUT2D eigenvalue weighted by molar-refractivity contribution is -0.132. The SMILES string of the molecule is CCCOc1ccc(/C(O)=C2\C(=O)C(=O)N(c3nc(C)c(C(=O)OC)s3)C2c2ccc(O)cc2)cc1. The van der Waals surface area contributed by atoms with Crippen molar-refractivity contribution in [2.75, 3.05) is 18.6 Å². The summed E-state index contributed by atoms with van der Waals surface area (Å²) in [6, 6.07) is 11.4. The first kappa shape index (κ1) is 24.9. The van der Waals surface area contributed by atoms with Gasteiger partial charge in [-0.15, -0.1) is 0 Å². The van der Waals surface area contributed by atoms with Crippen molar-refractivity contribution in [1.82, 2.24) is 4.98 Å². The van der Waals surface area contributed by atoms with Gasteiger partial charge >= 0.3 is 11.9 Å². The molecule has 2 N–H and O–H groups in total. The fourth-order valence-corrected chi connectivity index (χ4v) is 4.87. The van der Waals surface area contributed by atoms with E-state index in [4.69, 9.17) is 9.47 Å². The van der Waals surface area contributed by atoms with Crippen LogP contribution in [0.5, 0.6) is 11.5 Å². The van der Waals surface area contributed by atoms with Crippen LogP contribution in [0.2, 0.25) is 0 Å². The summed E-state index contributed by atoms with van der Waals surface area (Å²) in [4.78, 5) is 44.3. The van der Waals surface area contributed by atoms with Crippen LogP contribution in [-0.4, -0.2) is 46.6 Å². The number of Topliss-reactive ketones (excluding diaryl/α,β-unsaturated/α-hetero) is 1. The summed E-state index contributed by atoms with van der Waals surface area (Å²) >= 11 is 0.913. The smallest absolute Gasteiger partial charge is 0.350 e. The predicted molar refractivity (Wildman–Crippen MR) is 133 cm³/mol. The number of nitrogens with zero attached hydrogens (tertiary/aromatic N) is 2. The number of ketones is 1. The minimum atomic E-state index is -1.04. The van der Waals surface area contributed by atoms with Crippen LogP contribution in [-0.2, 0) is 14.3 Å². The first-order chi connectivity index (χ1) is 17.3. The molecule has 10 heteroatoms. The highest BCUT2D eigenvalue weighted by atomic mass is 32.1. The van der Waals surface area contributed by atoms with Gasteiger partial charge in [0.05, 0.1) is 31.0 Å². The molecule has 1 aliphatic rings. The van der Waals surface area contributed by atoms with E-state index in [0.717, 1.165) is 22.7 Å². The molecule has 1 atom stereocenters. The Morgan fingerprint density at radius 3 is 2.39 bits per heavy atom. The van der Waals surface area contributed by atoms with Crippen molar-refractivity contribution in [2.45, 2.75) is 26.3 Å². The van der Waals surface area contributed by atoms with Gasteiger partial charge < -0.3 is 19.7 Å². The van der Waals surface area contributed by atoms with Crippen LogP contribution < -0.4 is 9.64 Å². The van der Waals surface area contributed by atoms with Gasteiger partial charge in [0.1, 0.15) is 22.1 Å². The maximum Gasteiger partial charge on any atom is 0.350 e. The Morgan fingerprint density at radius 2 is 1.78 bits per heavy atom. The molecule has 1 aliphatic heterocycles. The summed E-state index contributed by atoms with van der Waals surface area (Å²) in [6.45, 7) is 4.12. The van der Waals surface area contributed by atoms with Gasteiger partial charge in [0, 0.05) is 5.56 Å². The van der Waals surface area contributed by atoms with Crippen molar-refractivity contribution < 1.29 is 34.1 Å². The number of carbonyl (C=O) groups excluding carboxylic acids is 3. The number of aromatic nitrogens is 1. The second-order valence-corrected chi connectivity index (χ2v) is 9.01. The van der Waals surface area contributed by atoms with E-state index in [0.29, 0.717) is 29.2 Å². The molecule has 1 unspecified atom stereocenters. The summed E-state index contributed by atoms with van der Waals surface area (Å²) in [5.41, 5.74) is 0.992. The topological polar surface area (TPSA) is 126 Å². The fourth-order valence-electron chi connectivity index (χ4n) is 3.85. The lowest BCUT2D eigenvalue weighted by atomic mass is 9.95. The lowest BCUT2D eigenvalue weighted by Gasteiger charge is -2.23. The first-order valence-electron chi connectivity index (χ1n) is 11.2. The molecule has 0 spiro atoms. The number of methoxy groups -OCH3 is 1. The number of phenolic OH excluding ortho intramolecular Hbond substituents is 1. The second-order valence-electron chi connectivity index (χ2n) is 8.04. The largest absolute Gasteiger partial charge is 0.508 e. The minimum Gasteiger partial charge on any atom is -0.508 e. The average Bonchev–Trinajstić information content (AvgIpc) is 3.39. The molecule has 1 saturated heterocycles. The Labute approximate surface area is 211 Å². The molecule has 4 rings (SSSR count). The predicted octanol–water partition coefficient (Wildman–Crippen LogP) is 4.36. The number of phenols is 1. The fraction of sp³-hybridized carbons (Fsp3) is 0.231. The number of aliphatic hydroxyl groups is 1. The molecular weight excluding hydrogens is 484 g/mol. The number of aliphatic hydroxyl groups excluding tert-OH is 1. The monoisotopic (exact) mass is 508 g/mol. The zero-order valence-electron chi connectivity index (χ0n) is 19.8. The van der Waals surface area contributed by atoms with Crippen LogP contribution in [0.15, 0.2) is 54.1 Å². The molecule has 9 nitrogen and oxygen atoms in total. The molecule has 0 radical (unpaired) electrons. The van der Waals surface area contributed by atoms with Gasteiger partial charge in [0.15, 0.2) is 5.13 Å². The molecule has 2 heterocycles. The number of rotatable bonds is 7. The molecule has 3 aromatic rings. The second kappa shape index (κ2) is 10.2. The zero-order chi connectivity index (χ0) is 26.0. The Balaban J connectivity index is 1.85. The number of amides is 1. The van der Waals surface area contributed by atoms with Gasteiger partial charge in [0.25, 0.3) is 5.78 Å². The zero-order valence-corrected chi connectivity index (χ0v) is 20.7. The highest BCUT2D eigenvalue weighted by molar-refractivity contribution is 7.17. The molecule has 2 aromatic carbocycles. The van der Waals surface area contributed by atoms with Crippen molar-refractivity contribution >= 4 is 39.9 Å². The van der Waals surface area contributed by atoms with E-state index in [1.807, 2.05) is 6.92 Å². The highest BCUT2D eigenvalue weighted by Gasteiger charge is 2.48. The molecule has 36 heavy (non-hydrogen) atoms. The molecular formula is C26H24N2O7S. The van der Waals surface area contributed by atoms with Gasteiger partial charge in [-0.05, 0) is 55.3 Å². The Morgan fingerprint density at radius 1 is 1.11 bits per heavy atom. The molecule has 1 fully saturated rings. The average molecular weight is 509 g/mol. The van der Waals surface area contributed by atoms with Gasteiger partial charge in [0.2, 0.25) is 0 Å². The number of benzene rings is 2. The quantitative estimate of drug-likeness (QED) is 0.209. The minimum absolute atomic E-state index is 0.00330. The van der Waals surface area contributed by atoms with Crippen molar-refractivity contribution in [2.24, 2.45) is 0 Å². The molecule has 0 bridgehead atoms. The number of thiazole rings is 1. The number of esters is 1. The number of anilines is 1. The third-order valence-electron chi connectivity index (χ3n) is 5.62. The van der Waals surface area contributed by atoms with Crippen molar-refractivity contribution in [3.8, 4) is 11.5 Å². The summed E-state index contributed by atoms with van der Waals surface area (Å²) in [7, 11) is 1.24. The number of aryl methyl sites for hydroxylation is 1. The van der Waals surface area contributed by atoms with E-state index in [1.165, 1.54) is 19.2 Å². The van der Waals surface area contributed by atoms with Crippen LogP contribution in [0, 0.1) is 6.92 Å². The van der Waals surface area contributed by atoms with Crippen LogP contribution in [0.3, 0.4) is 0 Å². The number of hydrogen-bond acceptors (Lipinski definition) is 9. The van der Waals surface area contributed by atoms with Gasteiger partial charge in [-0.3, -0.25) is 14.5 Å². The van der Waals surface area contributed by atoms with Crippen LogP contribution in [0.25, 0.3) is 5.76 Å². The normalized spacial score (nSPS) is 16.9. The highest BCUT2D eigenvalue weighted by Crippen LogP contribution is 2.44. The van der Waals surface area contributed by atoms with Crippen LogP contribution in [0.1, 0.15) is 45.9 Å². The van der Waals surface area contributed by atoms with Gasteiger partial charge in [-0.1, -0.05) is 30.4 Å². The molecule has 186 valence electrons. The van der Waals surface area contributed by atoms with E-state index >= 15 is 0 Å². The summed E-state index contributed by atoms with van der Waals surface area (Å²) < 4.78 is 10.4. The maximum absolute atomic E-state index is 13.2. The molecule has 1 aromatic heterocycles. The Bertz CT molecular complexity index is 1340. The first-order valence-corrected chi connectivity index (χ1v) is 12.0. The third kappa shape index (κ3) is 4.55. The molecule has 0 saturated carbocycles. The number of carbonyl (C=O) groups is 3. The van der Waals surface area contributed by atoms with E-state index in [-0.39, 0.29) is 27.1 Å². The molecule has 1 amide bonds. The summed E-state index contributed by atoms with van der Waals surface area (Å²) in [6.07, 6.45) is 0.839. The Kier molecular flexibility index (Phi) is 7.07. The standard InChI is InChI=1S/C26H24N2O7S/c1-4-13-35-18-11-7-16(8-12-18)21(30)19-20(15-5-9-17(29)10-6-15)28(24(32)22(19)31)26-27-14(2)23(36-26)25(33)34-3/h5-12,20,29-30H,4,13H2,1-3H3/b21-19+. The van der Waals surface area contributed by atoms with Gasteiger partial charge in [-0.2, -0.15) is 0 Å². The van der Waals surface area contributed by atoms with Crippen LogP contribution in [0.4, 0.5) is 5.13 Å². The number of ether oxygens (including phenoxy) is 2. The van der Waals surface area contributed by atoms with Crippen molar-refractivity contribution in [3.05, 3.63) is 75.8 Å². The number of hydrogen-bond donors (Lipinski definition) is 2. The summed E-state index contributed by atoms with van der Waals surface area (Å²) in [5.74, 6) is -2.17. The van der Waals surface area contributed by atoms with Crippen molar-refractivity contribution in [1.29, 1.82) is 0 Å². The third-order valence-corrected chi connectivity index (χ3v) is 6.75. The van der Waals surface area contributed by atoms with E-state index < -0.39 is 23.7 Å². The molecule has 0 aliphatic carbocycles. The number of aromatic hydroxyl groups is 1. The van der Waals surface area contributed by atoms with Gasteiger partial charge in [-0.25, -0.2) is 9.78 Å². The van der Waals surface area contributed by atoms with E-state index in [1.54, 1.807) is 43.3 Å². The van der Waals surface area contributed by atoms with E-state index in [2.05, 4.69) is 4.98 Å². The summed E-state index contributed by atoms with van der Waals surface area (Å²) in [5, 5.41) is 21.1. The van der Waals surface area contributed by atoms with Crippen molar-refractivity contribution in [3.63, 3.8) is 0 Å². The maximum atomic E-state index is 13.2. The Hall–Kier alpha value is -4.18. The van der Waals surface area contributed by atoms with Crippen LogP contribution >= 0.6 is 11.3 Å². The van der Waals surface area contributed by atoms with E-state index in [9.17, 15) is 24.6 Å².